The predicted molar refractivity (Wildman–Crippen MR) is 73.7 cm³/mol. The highest BCUT2D eigenvalue weighted by Gasteiger charge is 2.12. The van der Waals surface area contributed by atoms with Gasteiger partial charge in [-0.05, 0) is 52.3 Å². The van der Waals surface area contributed by atoms with Gasteiger partial charge in [-0.15, -0.1) is 0 Å². The molecule has 0 bridgehead atoms. The fourth-order valence-corrected chi connectivity index (χ4v) is 2.09. The molecule has 0 aliphatic heterocycles. The van der Waals surface area contributed by atoms with Crippen LogP contribution in [-0.2, 0) is 0 Å². The van der Waals surface area contributed by atoms with Gasteiger partial charge in [-0.1, -0.05) is 12.1 Å². The average molecular weight is 235 g/mol. The quantitative estimate of drug-likeness (QED) is 0.748. The smallest absolute Gasteiger partial charge is 0.119 e. The van der Waals surface area contributed by atoms with Crippen molar-refractivity contribution in [2.24, 2.45) is 0 Å². The standard InChI is InChI=1S/C15H25NO/c1-12(2)16(13(3)4)9-10-17-15-8-6-7-14(5)11-15/h6-8,11-13H,9-10H2,1-5H3. The molecule has 17 heavy (non-hydrogen) atoms. The van der Waals surface area contributed by atoms with Crippen LogP contribution in [0.1, 0.15) is 33.3 Å². The van der Waals surface area contributed by atoms with Gasteiger partial charge >= 0.3 is 0 Å². The summed E-state index contributed by atoms with van der Waals surface area (Å²) >= 11 is 0. The third-order valence-corrected chi connectivity index (χ3v) is 2.93. The second-order valence-electron chi connectivity index (χ2n) is 5.09. The summed E-state index contributed by atoms with van der Waals surface area (Å²) in [6.45, 7) is 12.7. The predicted octanol–water partition coefficient (Wildman–Crippen LogP) is 3.49. The van der Waals surface area contributed by atoms with Crippen molar-refractivity contribution in [3.8, 4) is 5.75 Å². The molecule has 1 aromatic carbocycles. The molecule has 0 N–H and O–H groups in total. The van der Waals surface area contributed by atoms with Crippen LogP contribution in [0, 0.1) is 6.92 Å². The molecule has 1 rings (SSSR count). The van der Waals surface area contributed by atoms with Gasteiger partial charge in [0.2, 0.25) is 0 Å². The summed E-state index contributed by atoms with van der Waals surface area (Å²) < 4.78 is 5.78. The Morgan fingerprint density at radius 1 is 1.12 bits per heavy atom. The monoisotopic (exact) mass is 235 g/mol. The Balaban J connectivity index is 2.41. The van der Waals surface area contributed by atoms with Gasteiger partial charge in [0.15, 0.2) is 0 Å². The highest BCUT2D eigenvalue weighted by Crippen LogP contribution is 2.12. The Kier molecular flexibility index (Phi) is 5.49. The third kappa shape index (κ3) is 4.78. The molecule has 0 unspecified atom stereocenters. The van der Waals surface area contributed by atoms with Crippen molar-refractivity contribution in [3.05, 3.63) is 29.8 Å². The lowest BCUT2D eigenvalue weighted by Gasteiger charge is -2.30. The Morgan fingerprint density at radius 2 is 1.76 bits per heavy atom. The van der Waals surface area contributed by atoms with Crippen molar-refractivity contribution < 1.29 is 4.74 Å². The van der Waals surface area contributed by atoms with E-state index in [1.165, 1.54) is 5.56 Å². The Labute approximate surface area is 106 Å². The molecule has 0 fully saturated rings. The van der Waals surface area contributed by atoms with Crippen molar-refractivity contribution in [2.75, 3.05) is 13.2 Å². The molecule has 2 heteroatoms. The number of nitrogens with zero attached hydrogens (tertiary/aromatic N) is 1. The van der Waals surface area contributed by atoms with Gasteiger partial charge in [-0.25, -0.2) is 0 Å². The summed E-state index contributed by atoms with van der Waals surface area (Å²) in [5.74, 6) is 0.970. The third-order valence-electron chi connectivity index (χ3n) is 2.93. The lowest BCUT2D eigenvalue weighted by atomic mass is 10.2. The fourth-order valence-electron chi connectivity index (χ4n) is 2.09. The second-order valence-corrected chi connectivity index (χ2v) is 5.09. The average Bonchev–Trinajstić information content (AvgIpc) is 2.23. The van der Waals surface area contributed by atoms with E-state index in [0.717, 1.165) is 18.9 Å². The zero-order valence-electron chi connectivity index (χ0n) is 11.7. The molecule has 0 aliphatic carbocycles. The number of aryl methyl sites for hydroxylation is 1. The van der Waals surface area contributed by atoms with Gasteiger partial charge in [-0.3, -0.25) is 4.90 Å². The van der Waals surface area contributed by atoms with Crippen molar-refractivity contribution in [1.82, 2.24) is 4.90 Å². The molecule has 0 spiro atoms. The summed E-state index contributed by atoms with van der Waals surface area (Å²) in [7, 11) is 0. The van der Waals surface area contributed by atoms with Crippen LogP contribution in [0.25, 0.3) is 0 Å². The number of benzene rings is 1. The maximum atomic E-state index is 5.78. The van der Waals surface area contributed by atoms with Crippen molar-refractivity contribution in [3.63, 3.8) is 0 Å². The number of ether oxygens (including phenoxy) is 1. The SMILES string of the molecule is Cc1cccc(OCCN(C(C)C)C(C)C)c1. The number of hydrogen-bond acceptors (Lipinski definition) is 2. The first-order chi connectivity index (χ1) is 8.00. The highest BCUT2D eigenvalue weighted by molar-refractivity contribution is 5.27. The minimum atomic E-state index is 0.566. The van der Waals surface area contributed by atoms with Gasteiger partial charge in [0.1, 0.15) is 12.4 Å². The zero-order chi connectivity index (χ0) is 12.8. The summed E-state index contributed by atoms with van der Waals surface area (Å²) in [4.78, 5) is 2.44. The molecule has 0 radical (unpaired) electrons. The fraction of sp³-hybridized carbons (Fsp3) is 0.600. The second kappa shape index (κ2) is 6.65. The Hall–Kier alpha value is -1.02. The minimum absolute atomic E-state index is 0.566. The summed E-state index contributed by atoms with van der Waals surface area (Å²) in [6, 6.07) is 9.35. The van der Waals surface area contributed by atoms with Gasteiger partial charge in [0.25, 0.3) is 0 Å². The first-order valence-electron chi connectivity index (χ1n) is 6.46. The Morgan fingerprint density at radius 3 is 2.29 bits per heavy atom. The van der Waals surface area contributed by atoms with E-state index in [-0.39, 0.29) is 0 Å². The van der Waals surface area contributed by atoms with Crippen LogP contribution < -0.4 is 4.74 Å². The van der Waals surface area contributed by atoms with Gasteiger partial charge in [-0.2, -0.15) is 0 Å². The van der Waals surface area contributed by atoms with E-state index in [9.17, 15) is 0 Å². The lowest BCUT2D eigenvalue weighted by molar-refractivity contribution is 0.142. The van der Waals surface area contributed by atoms with Gasteiger partial charge < -0.3 is 4.74 Å². The van der Waals surface area contributed by atoms with Crippen LogP contribution in [0.4, 0.5) is 0 Å². The molecule has 0 aliphatic rings. The summed E-state index contributed by atoms with van der Waals surface area (Å²) in [5.41, 5.74) is 1.24. The molecule has 0 saturated carbocycles. The molecular formula is C15H25NO. The maximum Gasteiger partial charge on any atom is 0.119 e. The van der Waals surface area contributed by atoms with E-state index in [0.29, 0.717) is 12.1 Å². The first-order valence-corrected chi connectivity index (χ1v) is 6.46. The number of rotatable bonds is 6. The molecule has 0 saturated heterocycles. The maximum absolute atomic E-state index is 5.78. The van der Waals surface area contributed by atoms with Crippen LogP contribution in [0.3, 0.4) is 0 Å². The molecule has 0 heterocycles. The van der Waals surface area contributed by atoms with Crippen LogP contribution in [0.2, 0.25) is 0 Å². The topological polar surface area (TPSA) is 12.5 Å². The normalized spacial score (nSPS) is 11.5. The van der Waals surface area contributed by atoms with Crippen molar-refractivity contribution in [2.45, 2.75) is 46.7 Å². The molecule has 2 nitrogen and oxygen atoms in total. The summed E-state index contributed by atoms with van der Waals surface area (Å²) in [6.07, 6.45) is 0. The lowest BCUT2D eigenvalue weighted by Crippen LogP contribution is -2.39. The molecular weight excluding hydrogens is 210 g/mol. The van der Waals surface area contributed by atoms with E-state index >= 15 is 0 Å². The number of hydrogen-bond donors (Lipinski definition) is 0. The van der Waals surface area contributed by atoms with E-state index in [1.54, 1.807) is 0 Å². The molecule has 0 amide bonds. The minimum Gasteiger partial charge on any atom is -0.492 e. The van der Waals surface area contributed by atoms with E-state index in [2.05, 4.69) is 51.7 Å². The van der Waals surface area contributed by atoms with E-state index in [4.69, 9.17) is 4.74 Å². The molecule has 96 valence electrons. The first kappa shape index (κ1) is 14.0. The van der Waals surface area contributed by atoms with Crippen molar-refractivity contribution in [1.29, 1.82) is 0 Å². The van der Waals surface area contributed by atoms with E-state index < -0.39 is 0 Å². The molecule has 0 atom stereocenters. The Bertz CT molecular complexity index is 325. The summed E-state index contributed by atoms with van der Waals surface area (Å²) in [5, 5.41) is 0. The largest absolute Gasteiger partial charge is 0.492 e. The zero-order valence-corrected chi connectivity index (χ0v) is 11.7. The van der Waals surface area contributed by atoms with Crippen LogP contribution in [0.5, 0.6) is 5.75 Å². The molecule has 1 aromatic rings. The van der Waals surface area contributed by atoms with Crippen LogP contribution in [0.15, 0.2) is 24.3 Å². The van der Waals surface area contributed by atoms with Gasteiger partial charge in [0, 0.05) is 18.6 Å². The highest BCUT2D eigenvalue weighted by atomic mass is 16.5. The molecule has 0 aromatic heterocycles. The van der Waals surface area contributed by atoms with Crippen LogP contribution >= 0.6 is 0 Å². The van der Waals surface area contributed by atoms with Gasteiger partial charge in [0.05, 0.1) is 0 Å². The van der Waals surface area contributed by atoms with E-state index in [1.807, 2.05) is 12.1 Å². The van der Waals surface area contributed by atoms with Crippen LogP contribution in [-0.4, -0.2) is 30.1 Å². The van der Waals surface area contributed by atoms with Crippen molar-refractivity contribution >= 4 is 0 Å².